The summed E-state index contributed by atoms with van der Waals surface area (Å²) in [6.45, 7) is -0.608. The van der Waals surface area contributed by atoms with Crippen LogP contribution in [0.1, 0.15) is 0 Å². The summed E-state index contributed by atoms with van der Waals surface area (Å²) in [4.78, 5) is 9.79. The van der Waals surface area contributed by atoms with Gasteiger partial charge in [-0.3, -0.25) is 0 Å². The molecule has 0 radical (unpaired) electrons. The SMILES string of the molecule is O=C(O)NS(=O)(=O)NCCO. The molecule has 0 aromatic heterocycles. The third-order valence-corrected chi connectivity index (χ3v) is 1.65. The molecule has 1 amide bonds. The number of hydrogen-bond acceptors (Lipinski definition) is 4. The minimum atomic E-state index is -4.00. The lowest BCUT2D eigenvalue weighted by molar-refractivity contribution is 0.201. The van der Waals surface area contributed by atoms with Crippen LogP contribution in [0.15, 0.2) is 0 Å². The van der Waals surface area contributed by atoms with E-state index in [1.54, 1.807) is 4.72 Å². The van der Waals surface area contributed by atoms with Gasteiger partial charge in [-0.1, -0.05) is 0 Å². The lowest BCUT2D eigenvalue weighted by Crippen LogP contribution is -2.40. The smallest absolute Gasteiger partial charge is 0.419 e. The van der Waals surface area contributed by atoms with Crippen LogP contribution >= 0.6 is 0 Å². The van der Waals surface area contributed by atoms with Gasteiger partial charge in [0.05, 0.1) is 6.61 Å². The van der Waals surface area contributed by atoms with Crippen LogP contribution in [0.5, 0.6) is 0 Å². The van der Waals surface area contributed by atoms with E-state index in [0.29, 0.717) is 0 Å². The zero-order valence-corrected chi connectivity index (χ0v) is 6.26. The van der Waals surface area contributed by atoms with E-state index in [2.05, 4.69) is 0 Å². The van der Waals surface area contributed by atoms with E-state index in [1.807, 2.05) is 0 Å². The van der Waals surface area contributed by atoms with Crippen molar-refractivity contribution in [2.45, 2.75) is 0 Å². The third kappa shape index (κ3) is 5.58. The monoisotopic (exact) mass is 184 g/mol. The molecule has 0 rings (SSSR count). The highest BCUT2D eigenvalue weighted by molar-refractivity contribution is 7.88. The van der Waals surface area contributed by atoms with Crippen LogP contribution in [0, 0.1) is 0 Å². The van der Waals surface area contributed by atoms with E-state index in [1.165, 1.54) is 4.72 Å². The number of amides is 1. The maximum atomic E-state index is 10.5. The van der Waals surface area contributed by atoms with Crippen LogP contribution in [0.2, 0.25) is 0 Å². The Kier molecular flexibility index (Phi) is 3.79. The lowest BCUT2D eigenvalue weighted by Gasteiger charge is -2.02. The van der Waals surface area contributed by atoms with E-state index in [4.69, 9.17) is 10.2 Å². The van der Waals surface area contributed by atoms with Gasteiger partial charge in [0.25, 0.3) is 0 Å². The Morgan fingerprint density at radius 1 is 1.45 bits per heavy atom. The third-order valence-electron chi connectivity index (χ3n) is 0.626. The summed E-state index contributed by atoms with van der Waals surface area (Å²) in [5.74, 6) is 0. The summed E-state index contributed by atoms with van der Waals surface area (Å²) in [6.07, 6.45) is -1.67. The number of carboxylic acid groups (broad SMARTS) is 1. The largest absolute Gasteiger partial charge is 0.464 e. The molecule has 0 saturated carbocycles. The Bertz CT molecular complexity index is 222. The van der Waals surface area contributed by atoms with Crippen molar-refractivity contribution in [1.82, 2.24) is 9.44 Å². The molecule has 4 N–H and O–H groups in total. The first kappa shape index (κ1) is 10.1. The number of rotatable bonds is 4. The molecule has 7 nitrogen and oxygen atoms in total. The second-order valence-electron chi connectivity index (χ2n) is 1.53. The first-order chi connectivity index (χ1) is 4.98. The number of carbonyl (C=O) groups is 1. The van der Waals surface area contributed by atoms with Gasteiger partial charge in [-0.2, -0.15) is 13.1 Å². The first-order valence-electron chi connectivity index (χ1n) is 2.59. The molecule has 0 aliphatic carbocycles. The predicted octanol–water partition coefficient (Wildman–Crippen LogP) is -1.92. The Labute approximate surface area is 63.2 Å². The second kappa shape index (κ2) is 4.11. The van der Waals surface area contributed by atoms with Gasteiger partial charge >= 0.3 is 16.3 Å². The lowest BCUT2D eigenvalue weighted by atomic mass is 10.8. The summed E-state index contributed by atoms with van der Waals surface area (Å²) in [5, 5.41) is 16.1. The van der Waals surface area contributed by atoms with Crippen molar-refractivity contribution in [3.05, 3.63) is 0 Å². The number of aliphatic hydroxyl groups is 1. The fourth-order valence-electron chi connectivity index (χ4n) is 0.331. The van der Waals surface area contributed by atoms with E-state index >= 15 is 0 Å². The molecule has 0 aromatic rings. The highest BCUT2D eigenvalue weighted by Crippen LogP contribution is 1.74. The number of nitrogens with one attached hydrogen (secondary N) is 2. The van der Waals surface area contributed by atoms with E-state index < -0.39 is 16.3 Å². The highest BCUT2D eigenvalue weighted by atomic mass is 32.2. The summed E-state index contributed by atoms with van der Waals surface area (Å²) < 4.78 is 24.0. The Morgan fingerprint density at radius 2 is 2.00 bits per heavy atom. The molecule has 66 valence electrons. The van der Waals surface area contributed by atoms with Gasteiger partial charge in [0.2, 0.25) is 0 Å². The van der Waals surface area contributed by atoms with Crippen molar-refractivity contribution in [2.75, 3.05) is 13.2 Å². The first-order valence-corrected chi connectivity index (χ1v) is 4.07. The summed E-state index contributed by atoms with van der Waals surface area (Å²) in [7, 11) is -4.00. The molecule has 11 heavy (non-hydrogen) atoms. The van der Waals surface area contributed by atoms with Crippen LogP contribution in [-0.4, -0.2) is 37.9 Å². The molecule has 0 bridgehead atoms. The van der Waals surface area contributed by atoms with Crippen molar-refractivity contribution in [3.8, 4) is 0 Å². The molecule has 0 aliphatic heterocycles. The maximum Gasteiger partial charge on any atom is 0.419 e. The standard InChI is InChI=1S/C3H8N2O5S/c6-2-1-4-11(9,10)5-3(7)8/h4-6H,1-2H2,(H,7,8). The van der Waals surface area contributed by atoms with Gasteiger partial charge in [-0.15, -0.1) is 0 Å². The molecule has 0 spiro atoms. The van der Waals surface area contributed by atoms with Crippen LogP contribution < -0.4 is 9.44 Å². The van der Waals surface area contributed by atoms with Crippen molar-refractivity contribution < 1.29 is 23.4 Å². The molecular formula is C3H8N2O5S. The average molecular weight is 184 g/mol. The zero-order chi connectivity index (χ0) is 8.91. The number of aliphatic hydroxyl groups excluding tert-OH is 1. The maximum absolute atomic E-state index is 10.5. The van der Waals surface area contributed by atoms with Gasteiger partial charge < -0.3 is 10.2 Å². The summed E-state index contributed by atoms with van der Waals surface area (Å²) in [5.41, 5.74) is 0. The Balaban J connectivity index is 3.92. The molecule has 0 unspecified atom stereocenters. The van der Waals surface area contributed by atoms with Gasteiger partial charge in [0.1, 0.15) is 0 Å². The van der Waals surface area contributed by atoms with Crippen LogP contribution in [0.3, 0.4) is 0 Å². The van der Waals surface area contributed by atoms with Gasteiger partial charge in [-0.05, 0) is 0 Å². The molecule has 0 heterocycles. The quantitative estimate of drug-likeness (QED) is 0.406. The van der Waals surface area contributed by atoms with Crippen molar-refractivity contribution in [3.63, 3.8) is 0 Å². The molecule has 0 atom stereocenters. The van der Waals surface area contributed by atoms with Gasteiger partial charge in [0.15, 0.2) is 0 Å². The van der Waals surface area contributed by atoms with Gasteiger partial charge in [-0.25, -0.2) is 9.52 Å². The normalized spacial score (nSPS) is 11.0. The highest BCUT2D eigenvalue weighted by Gasteiger charge is 2.10. The molecule has 0 fully saturated rings. The van der Waals surface area contributed by atoms with Crippen molar-refractivity contribution in [2.24, 2.45) is 0 Å². The zero-order valence-electron chi connectivity index (χ0n) is 5.44. The molecular weight excluding hydrogens is 176 g/mol. The molecule has 0 aliphatic rings. The minimum Gasteiger partial charge on any atom is -0.464 e. The van der Waals surface area contributed by atoms with Crippen LogP contribution in [0.4, 0.5) is 4.79 Å². The van der Waals surface area contributed by atoms with Crippen LogP contribution in [0.25, 0.3) is 0 Å². The summed E-state index contributed by atoms with van der Waals surface area (Å²) in [6, 6.07) is 0. The molecule has 8 heteroatoms. The molecule has 0 saturated heterocycles. The van der Waals surface area contributed by atoms with E-state index in [-0.39, 0.29) is 13.2 Å². The Morgan fingerprint density at radius 3 is 2.36 bits per heavy atom. The topological polar surface area (TPSA) is 116 Å². The Hall–Kier alpha value is -0.860. The fourth-order valence-corrected chi connectivity index (χ4v) is 0.993. The summed E-state index contributed by atoms with van der Waals surface area (Å²) >= 11 is 0. The van der Waals surface area contributed by atoms with Crippen molar-refractivity contribution >= 4 is 16.3 Å². The second-order valence-corrected chi connectivity index (χ2v) is 3.03. The van der Waals surface area contributed by atoms with E-state index in [0.717, 1.165) is 0 Å². The van der Waals surface area contributed by atoms with Gasteiger partial charge in [0, 0.05) is 6.54 Å². The van der Waals surface area contributed by atoms with Crippen LogP contribution in [-0.2, 0) is 10.2 Å². The number of hydrogen-bond donors (Lipinski definition) is 4. The minimum absolute atomic E-state index is 0.220. The van der Waals surface area contributed by atoms with E-state index in [9.17, 15) is 13.2 Å². The predicted molar refractivity (Wildman–Crippen MR) is 35.2 cm³/mol. The van der Waals surface area contributed by atoms with Crippen molar-refractivity contribution in [1.29, 1.82) is 0 Å². The fraction of sp³-hybridized carbons (Fsp3) is 0.667. The molecule has 0 aromatic carbocycles. The average Bonchev–Trinajstić information content (AvgIpc) is 1.81.